The van der Waals surface area contributed by atoms with Crippen LogP contribution < -0.4 is 4.74 Å². The number of aromatic nitrogens is 1. The highest BCUT2D eigenvalue weighted by Gasteiger charge is 2.42. The number of pyridine rings is 1. The van der Waals surface area contributed by atoms with Crippen molar-refractivity contribution >= 4 is 15.9 Å². The zero-order valence-electron chi connectivity index (χ0n) is 7.55. The van der Waals surface area contributed by atoms with Crippen LogP contribution in [0.3, 0.4) is 0 Å². The fourth-order valence-corrected chi connectivity index (χ4v) is 1.55. The van der Waals surface area contributed by atoms with Gasteiger partial charge in [0.05, 0.1) is 13.3 Å². The fraction of sp³-hybridized carbons (Fsp3) is 0.375. The summed E-state index contributed by atoms with van der Waals surface area (Å²) >= 11 is 2.88. The van der Waals surface area contributed by atoms with E-state index in [4.69, 9.17) is 5.11 Å². The largest absolute Gasteiger partial charge is 0.495 e. The van der Waals surface area contributed by atoms with Crippen molar-refractivity contribution in [3.8, 4) is 5.75 Å². The standard InChI is InChI=1S/C8H7BrF3NO2/c1-15-5-3-13-2-4(9)6(5)7(14)8(10,11)12/h2-3,7,14H,1H3. The number of methoxy groups -OCH3 is 1. The Morgan fingerprint density at radius 3 is 2.53 bits per heavy atom. The number of ether oxygens (including phenoxy) is 1. The molecule has 7 heteroatoms. The summed E-state index contributed by atoms with van der Waals surface area (Å²) in [5.41, 5.74) is -0.375. The minimum Gasteiger partial charge on any atom is -0.495 e. The van der Waals surface area contributed by atoms with Gasteiger partial charge >= 0.3 is 6.18 Å². The summed E-state index contributed by atoms with van der Waals surface area (Å²) in [6.45, 7) is 0. The molecule has 3 nitrogen and oxygen atoms in total. The van der Waals surface area contributed by atoms with Crippen LogP contribution in [0.2, 0.25) is 0 Å². The minimum atomic E-state index is -4.74. The number of nitrogens with zero attached hydrogens (tertiary/aromatic N) is 1. The third-order valence-electron chi connectivity index (χ3n) is 1.71. The Balaban J connectivity index is 3.23. The molecule has 0 saturated heterocycles. The van der Waals surface area contributed by atoms with E-state index in [1.807, 2.05) is 0 Å². The van der Waals surface area contributed by atoms with E-state index in [9.17, 15) is 13.2 Å². The van der Waals surface area contributed by atoms with Gasteiger partial charge < -0.3 is 9.84 Å². The average Bonchev–Trinajstić information content (AvgIpc) is 2.15. The highest BCUT2D eigenvalue weighted by Crippen LogP contribution is 2.40. The fourth-order valence-electron chi connectivity index (χ4n) is 1.02. The Hall–Kier alpha value is -0.820. The third kappa shape index (κ3) is 2.60. The monoisotopic (exact) mass is 285 g/mol. The maximum atomic E-state index is 12.3. The van der Waals surface area contributed by atoms with Crippen molar-refractivity contribution < 1.29 is 23.0 Å². The lowest BCUT2D eigenvalue weighted by atomic mass is 10.1. The number of hydrogen-bond donors (Lipinski definition) is 1. The number of halogens is 4. The molecule has 0 amide bonds. The van der Waals surface area contributed by atoms with Gasteiger partial charge in [0, 0.05) is 16.2 Å². The van der Waals surface area contributed by atoms with Gasteiger partial charge in [0.15, 0.2) is 6.10 Å². The Bertz CT molecular complexity index is 356. The molecule has 0 aromatic carbocycles. The molecule has 15 heavy (non-hydrogen) atoms. The van der Waals surface area contributed by atoms with Crippen LogP contribution in [0.15, 0.2) is 16.9 Å². The van der Waals surface area contributed by atoms with Crippen LogP contribution in [0.5, 0.6) is 5.75 Å². The Morgan fingerprint density at radius 2 is 2.07 bits per heavy atom. The van der Waals surface area contributed by atoms with Crippen molar-refractivity contribution in [3.63, 3.8) is 0 Å². The van der Waals surface area contributed by atoms with Gasteiger partial charge in [-0.2, -0.15) is 13.2 Å². The lowest BCUT2D eigenvalue weighted by Crippen LogP contribution is -2.21. The summed E-state index contributed by atoms with van der Waals surface area (Å²) in [6, 6.07) is 0. The van der Waals surface area contributed by atoms with Gasteiger partial charge in [0.1, 0.15) is 5.75 Å². The Morgan fingerprint density at radius 1 is 1.47 bits per heavy atom. The number of aliphatic hydroxyl groups is 1. The lowest BCUT2D eigenvalue weighted by molar-refractivity contribution is -0.207. The number of aliphatic hydroxyl groups excluding tert-OH is 1. The van der Waals surface area contributed by atoms with Gasteiger partial charge in [0.2, 0.25) is 0 Å². The van der Waals surface area contributed by atoms with Crippen LogP contribution in [0.4, 0.5) is 13.2 Å². The molecule has 0 aliphatic rings. The molecule has 0 spiro atoms. The van der Waals surface area contributed by atoms with Crippen LogP contribution >= 0.6 is 15.9 Å². The van der Waals surface area contributed by atoms with E-state index < -0.39 is 12.3 Å². The number of hydrogen-bond acceptors (Lipinski definition) is 3. The molecule has 1 atom stereocenters. The molecular formula is C8H7BrF3NO2. The van der Waals surface area contributed by atoms with Crippen molar-refractivity contribution in [1.29, 1.82) is 0 Å². The van der Waals surface area contributed by atoms with E-state index in [2.05, 4.69) is 25.7 Å². The second-order valence-electron chi connectivity index (χ2n) is 2.68. The molecular weight excluding hydrogens is 279 g/mol. The highest BCUT2D eigenvalue weighted by atomic mass is 79.9. The second kappa shape index (κ2) is 4.36. The van der Waals surface area contributed by atoms with Gasteiger partial charge in [-0.25, -0.2) is 0 Å². The molecule has 0 radical (unpaired) electrons. The lowest BCUT2D eigenvalue weighted by Gasteiger charge is -2.18. The van der Waals surface area contributed by atoms with Crippen LogP contribution in [0.25, 0.3) is 0 Å². The van der Waals surface area contributed by atoms with E-state index in [-0.39, 0.29) is 15.8 Å². The van der Waals surface area contributed by atoms with E-state index in [0.29, 0.717) is 0 Å². The maximum Gasteiger partial charge on any atom is 0.418 e. The molecule has 0 bridgehead atoms. The normalized spacial score (nSPS) is 13.7. The molecule has 0 saturated carbocycles. The molecule has 0 aliphatic heterocycles. The van der Waals surface area contributed by atoms with Gasteiger partial charge in [-0.3, -0.25) is 4.98 Å². The van der Waals surface area contributed by atoms with Crippen LogP contribution in [-0.4, -0.2) is 23.4 Å². The highest BCUT2D eigenvalue weighted by molar-refractivity contribution is 9.10. The predicted octanol–water partition coefficient (Wildman–Crippen LogP) is 2.45. The molecule has 1 unspecified atom stereocenters. The quantitative estimate of drug-likeness (QED) is 0.908. The van der Waals surface area contributed by atoms with E-state index in [1.54, 1.807) is 0 Å². The van der Waals surface area contributed by atoms with Crippen LogP contribution in [0, 0.1) is 0 Å². The molecule has 1 heterocycles. The maximum absolute atomic E-state index is 12.3. The zero-order valence-corrected chi connectivity index (χ0v) is 9.13. The van der Waals surface area contributed by atoms with Gasteiger partial charge in [0.25, 0.3) is 0 Å². The molecule has 1 aromatic rings. The smallest absolute Gasteiger partial charge is 0.418 e. The van der Waals surface area contributed by atoms with E-state index >= 15 is 0 Å². The van der Waals surface area contributed by atoms with E-state index in [0.717, 1.165) is 12.4 Å². The molecule has 1 N–H and O–H groups in total. The summed E-state index contributed by atoms with van der Waals surface area (Å²) in [7, 11) is 1.20. The van der Waals surface area contributed by atoms with E-state index in [1.165, 1.54) is 7.11 Å². The van der Waals surface area contributed by atoms with Crippen molar-refractivity contribution in [2.75, 3.05) is 7.11 Å². The molecule has 1 aromatic heterocycles. The summed E-state index contributed by atoms with van der Waals surface area (Å²) in [5.74, 6) is -0.116. The first kappa shape index (κ1) is 12.3. The zero-order chi connectivity index (χ0) is 11.6. The topological polar surface area (TPSA) is 42.4 Å². The first-order valence-electron chi connectivity index (χ1n) is 3.80. The first-order valence-corrected chi connectivity index (χ1v) is 4.59. The minimum absolute atomic E-state index is 0.0478. The van der Waals surface area contributed by atoms with Gasteiger partial charge in [-0.15, -0.1) is 0 Å². The van der Waals surface area contributed by atoms with Crippen LogP contribution in [0.1, 0.15) is 11.7 Å². The summed E-state index contributed by atoms with van der Waals surface area (Å²) < 4.78 is 41.6. The molecule has 0 fully saturated rings. The van der Waals surface area contributed by atoms with Crippen molar-refractivity contribution in [2.45, 2.75) is 12.3 Å². The van der Waals surface area contributed by atoms with Gasteiger partial charge in [-0.1, -0.05) is 0 Å². The average molecular weight is 286 g/mol. The summed E-state index contributed by atoms with van der Waals surface area (Å²) in [6.07, 6.45) is -5.07. The van der Waals surface area contributed by atoms with Crippen molar-refractivity contribution in [1.82, 2.24) is 4.98 Å². The molecule has 1 rings (SSSR count). The summed E-state index contributed by atoms with van der Waals surface area (Å²) in [5, 5.41) is 9.09. The second-order valence-corrected chi connectivity index (χ2v) is 3.54. The first-order chi connectivity index (χ1) is 6.88. The van der Waals surface area contributed by atoms with Gasteiger partial charge in [-0.05, 0) is 15.9 Å². The number of alkyl halides is 3. The molecule has 84 valence electrons. The predicted molar refractivity (Wildman–Crippen MR) is 49.5 cm³/mol. The van der Waals surface area contributed by atoms with Crippen molar-refractivity contribution in [2.24, 2.45) is 0 Å². The third-order valence-corrected chi connectivity index (χ3v) is 2.34. The number of rotatable bonds is 2. The van der Waals surface area contributed by atoms with Crippen molar-refractivity contribution in [3.05, 3.63) is 22.4 Å². The Labute approximate surface area is 92.0 Å². The van der Waals surface area contributed by atoms with Crippen LogP contribution in [-0.2, 0) is 0 Å². The Kier molecular flexibility index (Phi) is 3.56. The summed E-state index contributed by atoms with van der Waals surface area (Å²) in [4.78, 5) is 3.63. The SMILES string of the molecule is COc1cncc(Br)c1C(O)C(F)(F)F. The molecule has 0 aliphatic carbocycles.